The average molecular weight is 277 g/mol. The molecule has 0 spiro atoms. The highest BCUT2D eigenvalue weighted by atomic mass is 31.2. The van der Waals surface area contributed by atoms with Crippen LogP contribution in [0.1, 0.15) is 5.56 Å². The maximum atomic E-state index is 10.8. The maximum Gasteiger partial charge on any atom is 0.469 e. The smallest absolute Gasteiger partial charge is 0.454 e. The number of rotatable bonds is 4. The largest absolute Gasteiger partial charge is 0.469 e. The van der Waals surface area contributed by atoms with Crippen molar-refractivity contribution in [1.29, 1.82) is 0 Å². The second-order valence-corrected chi connectivity index (χ2v) is 4.59. The van der Waals surface area contributed by atoms with E-state index in [1.165, 1.54) is 6.07 Å². The highest BCUT2D eigenvalue weighted by Crippen LogP contribution is 2.41. The van der Waals surface area contributed by atoms with E-state index in [0.29, 0.717) is 0 Å². The molecule has 10 heteroatoms. The molecule has 0 saturated heterocycles. The third-order valence-corrected chi connectivity index (χ3v) is 2.62. The number of hydrogen-bond donors (Lipinski definition) is 2. The van der Waals surface area contributed by atoms with Crippen molar-refractivity contribution >= 4 is 13.5 Å². The summed E-state index contributed by atoms with van der Waals surface area (Å²) >= 11 is 0. The highest BCUT2D eigenvalue weighted by molar-refractivity contribution is 7.46. The second kappa shape index (κ2) is 4.54. The van der Waals surface area contributed by atoms with Crippen LogP contribution in [0, 0.1) is 10.1 Å². The molecule has 1 aromatic carbocycles. The molecule has 18 heavy (non-hydrogen) atoms. The minimum atomic E-state index is -4.70. The molecular weight excluding hydrogens is 269 g/mol. The van der Waals surface area contributed by atoms with Crippen LogP contribution in [-0.4, -0.2) is 21.5 Å². The first-order valence-electron chi connectivity index (χ1n) is 4.64. The SMILES string of the molecule is O=[N+]([O-])c1cc2c(cc1COP(=O)(O)O)OCO2. The Balaban J connectivity index is 2.33. The van der Waals surface area contributed by atoms with E-state index in [1.807, 2.05) is 0 Å². The van der Waals surface area contributed by atoms with Crippen LogP contribution < -0.4 is 9.47 Å². The fraction of sp³-hybridized carbons (Fsp3) is 0.250. The second-order valence-electron chi connectivity index (χ2n) is 3.36. The Morgan fingerprint density at radius 2 is 2.00 bits per heavy atom. The molecule has 1 aromatic rings. The zero-order chi connectivity index (χ0) is 13.3. The molecule has 1 aliphatic rings. The molecule has 1 aliphatic heterocycles. The van der Waals surface area contributed by atoms with Gasteiger partial charge in [0.05, 0.1) is 23.2 Å². The van der Waals surface area contributed by atoms with Crippen molar-refractivity contribution in [3.63, 3.8) is 0 Å². The van der Waals surface area contributed by atoms with Crippen molar-refractivity contribution in [2.75, 3.05) is 6.79 Å². The van der Waals surface area contributed by atoms with Gasteiger partial charge < -0.3 is 19.3 Å². The van der Waals surface area contributed by atoms with Gasteiger partial charge in [0.2, 0.25) is 6.79 Å². The number of hydrogen-bond acceptors (Lipinski definition) is 6. The minimum Gasteiger partial charge on any atom is -0.454 e. The molecule has 1 heterocycles. The van der Waals surface area contributed by atoms with Gasteiger partial charge in [-0.3, -0.25) is 14.6 Å². The lowest BCUT2D eigenvalue weighted by molar-refractivity contribution is -0.385. The number of phosphoric acid groups is 1. The van der Waals surface area contributed by atoms with Gasteiger partial charge in [-0.1, -0.05) is 0 Å². The summed E-state index contributed by atoms with van der Waals surface area (Å²) < 4.78 is 24.8. The molecule has 0 radical (unpaired) electrons. The van der Waals surface area contributed by atoms with E-state index in [1.54, 1.807) is 0 Å². The molecule has 0 fully saturated rings. The summed E-state index contributed by atoms with van der Waals surface area (Å²) in [4.78, 5) is 27.2. The van der Waals surface area contributed by atoms with E-state index in [-0.39, 0.29) is 29.5 Å². The Hall–Kier alpha value is -1.67. The summed E-state index contributed by atoms with van der Waals surface area (Å²) in [5.41, 5.74) is -0.361. The Morgan fingerprint density at radius 3 is 2.56 bits per heavy atom. The summed E-state index contributed by atoms with van der Waals surface area (Å²) in [5, 5.41) is 10.8. The molecule has 0 atom stereocenters. The number of nitro benzene ring substituents is 1. The van der Waals surface area contributed by atoms with Gasteiger partial charge in [0, 0.05) is 0 Å². The van der Waals surface area contributed by atoms with Crippen LogP contribution in [0.5, 0.6) is 11.5 Å². The van der Waals surface area contributed by atoms with Crippen LogP contribution in [0.2, 0.25) is 0 Å². The van der Waals surface area contributed by atoms with Gasteiger partial charge in [-0.25, -0.2) is 4.57 Å². The van der Waals surface area contributed by atoms with Crippen LogP contribution in [0.25, 0.3) is 0 Å². The van der Waals surface area contributed by atoms with Crippen LogP contribution in [0.3, 0.4) is 0 Å². The number of nitrogens with zero attached hydrogens (tertiary/aromatic N) is 1. The molecular formula is C8H8NO8P. The molecule has 0 aliphatic carbocycles. The monoisotopic (exact) mass is 277 g/mol. The Bertz CT molecular complexity index is 538. The van der Waals surface area contributed by atoms with Crippen molar-refractivity contribution in [3.8, 4) is 11.5 Å². The molecule has 0 amide bonds. The molecule has 0 aromatic heterocycles. The average Bonchev–Trinajstić information content (AvgIpc) is 2.70. The molecule has 9 nitrogen and oxygen atoms in total. The predicted octanol–water partition coefficient (Wildman–Crippen LogP) is 0.933. The van der Waals surface area contributed by atoms with Gasteiger partial charge in [-0.15, -0.1) is 0 Å². The predicted molar refractivity (Wildman–Crippen MR) is 56.1 cm³/mol. The van der Waals surface area contributed by atoms with Gasteiger partial charge in [-0.2, -0.15) is 0 Å². The topological polar surface area (TPSA) is 128 Å². The molecule has 2 N–H and O–H groups in total. The molecule has 0 unspecified atom stereocenters. The van der Waals surface area contributed by atoms with Crippen LogP contribution in [-0.2, 0) is 15.7 Å². The van der Waals surface area contributed by atoms with Crippen molar-refractivity contribution in [2.45, 2.75) is 6.61 Å². The lowest BCUT2D eigenvalue weighted by atomic mass is 10.1. The fourth-order valence-electron chi connectivity index (χ4n) is 1.41. The maximum absolute atomic E-state index is 10.8. The van der Waals surface area contributed by atoms with Crippen molar-refractivity contribution < 1.29 is 33.3 Å². The van der Waals surface area contributed by atoms with E-state index in [4.69, 9.17) is 19.3 Å². The minimum absolute atomic E-state index is 0.00687. The summed E-state index contributed by atoms with van der Waals surface area (Å²) in [5.74, 6) is 0.478. The Kier molecular flexibility index (Phi) is 3.22. The van der Waals surface area contributed by atoms with Crippen molar-refractivity contribution in [3.05, 3.63) is 27.8 Å². The van der Waals surface area contributed by atoms with Gasteiger partial charge >= 0.3 is 7.82 Å². The zero-order valence-corrected chi connectivity index (χ0v) is 9.70. The summed E-state index contributed by atoms with van der Waals surface area (Å²) in [6.45, 7) is -0.660. The van der Waals surface area contributed by atoms with Gasteiger partial charge in [-0.05, 0) is 6.07 Å². The number of phosphoric ester groups is 1. The fourth-order valence-corrected chi connectivity index (χ4v) is 1.72. The number of ether oxygens (including phenoxy) is 2. The first-order chi connectivity index (χ1) is 8.37. The van der Waals surface area contributed by atoms with E-state index >= 15 is 0 Å². The summed E-state index contributed by atoms with van der Waals surface area (Å²) in [6, 6.07) is 2.39. The Labute approximate surface area is 100 Å². The van der Waals surface area contributed by atoms with E-state index in [9.17, 15) is 14.7 Å². The lowest BCUT2D eigenvalue weighted by Crippen LogP contribution is -1.98. The third-order valence-electron chi connectivity index (χ3n) is 2.16. The van der Waals surface area contributed by atoms with Crippen molar-refractivity contribution in [1.82, 2.24) is 0 Å². The number of nitro groups is 1. The van der Waals surface area contributed by atoms with Crippen LogP contribution in [0.4, 0.5) is 5.69 Å². The zero-order valence-electron chi connectivity index (χ0n) is 8.81. The van der Waals surface area contributed by atoms with E-state index in [2.05, 4.69) is 4.52 Å². The molecule has 98 valence electrons. The van der Waals surface area contributed by atoms with Gasteiger partial charge in [0.15, 0.2) is 11.5 Å². The Morgan fingerprint density at radius 1 is 1.39 bits per heavy atom. The lowest BCUT2D eigenvalue weighted by Gasteiger charge is -2.06. The first-order valence-corrected chi connectivity index (χ1v) is 6.17. The summed E-state index contributed by atoms with van der Waals surface area (Å²) in [6.07, 6.45) is 0. The van der Waals surface area contributed by atoms with Crippen LogP contribution >= 0.6 is 7.82 Å². The number of fused-ring (bicyclic) bond motifs is 1. The number of benzene rings is 1. The molecule has 0 saturated carbocycles. The standard InChI is InChI=1S/C8H8NO8P/c10-9(11)6-2-8-7(15-4-16-8)1-5(6)3-17-18(12,13)14/h1-2H,3-4H2,(H2,12,13,14). The molecule has 0 bridgehead atoms. The van der Waals surface area contributed by atoms with Gasteiger partial charge in [0.1, 0.15) is 0 Å². The van der Waals surface area contributed by atoms with Crippen molar-refractivity contribution in [2.24, 2.45) is 0 Å². The van der Waals surface area contributed by atoms with Crippen LogP contribution in [0.15, 0.2) is 12.1 Å². The third kappa shape index (κ3) is 2.77. The first kappa shape index (κ1) is 12.8. The van der Waals surface area contributed by atoms with E-state index in [0.717, 1.165) is 6.07 Å². The molecule has 2 rings (SSSR count). The quantitative estimate of drug-likeness (QED) is 0.472. The van der Waals surface area contributed by atoms with Gasteiger partial charge in [0.25, 0.3) is 5.69 Å². The van der Waals surface area contributed by atoms with E-state index < -0.39 is 19.4 Å². The highest BCUT2D eigenvalue weighted by Gasteiger charge is 2.25. The normalized spacial score (nSPS) is 13.7. The summed E-state index contributed by atoms with van der Waals surface area (Å²) in [7, 11) is -4.70.